The largest absolute Gasteiger partial charge is 0.478 e. The molecule has 0 saturated carbocycles. The average molecular weight is 237 g/mol. The van der Waals surface area contributed by atoms with Crippen LogP contribution in [0.2, 0.25) is 0 Å². The molecule has 1 heterocycles. The molecule has 16 heavy (non-hydrogen) atoms. The van der Waals surface area contributed by atoms with Gasteiger partial charge in [-0.3, -0.25) is 0 Å². The van der Waals surface area contributed by atoms with Gasteiger partial charge in [-0.05, 0) is 30.7 Å². The number of hydrogen-bond donors (Lipinski definition) is 2. The van der Waals surface area contributed by atoms with E-state index in [-0.39, 0.29) is 0 Å². The summed E-state index contributed by atoms with van der Waals surface area (Å²) in [6, 6.07) is 7.44. The summed E-state index contributed by atoms with van der Waals surface area (Å²) in [5, 5.41) is 12.9. The zero-order valence-electron chi connectivity index (χ0n) is 9.14. The molecular weight excluding hydrogens is 222 g/mol. The normalized spacial score (nSPS) is 24.3. The highest BCUT2D eigenvalue weighted by molar-refractivity contribution is 8.00. The molecule has 0 amide bonds. The van der Waals surface area contributed by atoms with Crippen LogP contribution in [0.15, 0.2) is 24.3 Å². The van der Waals surface area contributed by atoms with Crippen LogP contribution in [0.25, 0.3) is 0 Å². The van der Waals surface area contributed by atoms with Crippen molar-refractivity contribution in [3.8, 4) is 0 Å². The van der Waals surface area contributed by atoms with Gasteiger partial charge in [-0.2, -0.15) is 11.8 Å². The van der Waals surface area contributed by atoms with Crippen molar-refractivity contribution in [2.75, 3.05) is 11.1 Å². The molecule has 0 aromatic heterocycles. The molecular formula is C12H15NO2S. The number of aromatic carboxylic acids is 1. The lowest BCUT2D eigenvalue weighted by molar-refractivity contribution is 0.0697. The van der Waals surface area contributed by atoms with Gasteiger partial charge in [0.05, 0.1) is 5.56 Å². The number of rotatable bonds is 3. The Bertz CT molecular complexity index is 377. The Morgan fingerprint density at radius 3 is 2.62 bits per heavy atom. The highest BCUT2D eigenvalue weighted by Gasteiger charge is 2.21. The monoisotopic (exact) mass is 237 g/mol. The van der Waals surface area contributed by atoms with Crippen molar-refractivity contribution in [2.45, 2.75) is 24.6 Å². The topological polar surface area (TPSA) is 49.3 Å². The molecule has 1 aliphatic rings. The fourth-order valence-corrected chi connectivity index (χ4v) is 3.01. The molecule has 1 fully saturated rings. The summed E-state index contributed by atoms with van der Waals surface area (Å²) in [4.78, 5) is 10.7. The summed E-state index contributed by atoms with van der Waals surface area (Å²) in [6.07, 6.45) is 1.17. The van der Waals surface area contributed by atoms with Crippen LogP contribution in [0.5, 0.6) is 0 Å². The highest BCUT2D eigenvalue weighted by atomic mass is 32.2. The number of anilines is 1. The fraction of sp³-hybridized carbons (Fsp3) is 0.417. The molecule has 0 aliphatic carbocycles. The van der Waals surface area contributed by atoms with E-state index in [0.717, 1.165) is 16.7 Å². The van der Waals surface area contributed by atoms with E-state index in [2.05, 4.69) is 12.2 Å². The van der Waals surface area contributed by atoms with Gasteiger partial charge < -0.3 is 10.4 Å². The Balaban J connectivity index is 1.97. The highest BCUT2D eigenvalue weighted by Crippen LogP contribution is 2.28. The van der Waals surface area contributed by atoms with Crippen LogP contribution in [0, 0.1) is 0 Å². The minimum Gasteiger partial charge on any atom is -0.478 e. The second-order valence-electron chi connectivity index (χ2n) is 4.10. The molecule has 1 aliphatic heterocycles. The van der Waals surface area contributed by atoms with E-state index in [9.17, 15) is 4.79 Å². The van der Waals surface area contributed by atoms with E-state index in [1.54, 1.807) is 12.1 Å². The van der Waals surface area contributed by atoms with Crippen molar-refractivity contribution in [3.05, 3.63) is 29.8 Å². The summed E-state index contributed by atoms with van der Waals surface area (Å²) < 4.78 is 0. The van der Waals surface area contributed by atoms with Gasteiger partial charge in [0.2, 0.25) is 0 Å². The predicted octanol–water partition coefficient (Wildman–Crippen LogP) is 2.69. The maximum Gasteiger partial charge on any atom is 0.335 e. The van der Waals surface area contributed by atoms with Crippen molar-refractivity contribution in [1.29, 1.82) is 0 Å². The minimum atomic E-state index is -0.878. The van der Waals surface area contributed by atoms with Crippen LogP contribution in [0.3, 0.4) is 0 Å². The molecule has 2 rings (SSSR count). The first kappa shape index (κ1) is 11.3. The molecule has 1 saturated heterocycles. The quantitative estimate of drug-likeness (QED) is 0.848. The summed E-state index contributed by atoms with van der Waals surface area (Å²) in [7, 11) is 0. The van der Waals surface area contributed by atoms with E-state index < -0.39 is 5.97 Å². The molecule has 4 heteroatoms. The number of hydrogen-bond acceptors (Lipinski definition) is 3. The molecule has 2 unspecified atom stereocenters. The third kappa shape index (κ3) is 2.70. The molecule has 1 aromatic carbocycles. The number of nitrogens with one attached hydrogen (secondary N) is 1. The van der Waals surface area contributed by atoms with Crippen LogP contribution in [0.1, 0.15) is 23.7 Å². The van der Waals surface area contributed by atoms with E-state index in [0.29, 0.717) is 11.6 Å². The summed E-state index contributed by atoms with van der Waals surface area (Å²) in [5.74, 6) is 0.249. The van der Waals surface area contributed by atoms with Gasteiger partial charge in [0, 0.05) is 22.7 Å². The Hall–Kier alpha value is -1.16. The first-order chi connectivity index (χ1) is 7.65. The first-order valence-electron chi connectivity index (χ1n) is 5.36. The van der Waals surface area contributed by atoms with Crippen molar-refractivity contribution < 1.29 is 9.90 Å². The van der Waals surface area contributed by atoms with Gasteiger partial charge in [-0.25, -0.2) is 4.79 Å². The standard InChI is InChI=1S/C12H15NO2S/c1-8-6-11(7-16-8)13-10-4-2-9(3-5-10)12(14)15/h2-5,8,11,13H,6-7H2,1H3,(H,14,15). The van der Waals surface area contributed by atoms with Gasteiger partial charge in [0.25, 0.3) is 0 Å². The maximum atomic E-state index is 10.7. The van der Waals surface area contributed by atoms with Crippen molar-refractivity contribution in [1.82, 2.24) is 0 Å². The molecule has 0 bridgehead atoms. The fourth-order valence-electron chi connectivity index (χ4n) is 1.86. The van der Waals surface area contributed by atoms with Crippen molar-refractivity contribution >= 4 is 23.4 Å². The van der Waals surface area contributed by atoms with Gasteiger partial charge in [0.15, 0.2) is 0 Å². The summed E-state index contributed by atoms with van der Waals surface area (Å²) >= 11 is 1.98. The number of thioether (sulfide) groups is 1. The minimum absolute atomic E-state index is 0.333. The van der Waals surface area contributed by atoms with Crippen LogP contribution >= 0.6 is 11.8 Å². The van der Waals surface area contributed by atoms with Crippen LogP contribution in [0.4, 0.5) is 5.69 Å². The lowest BCUT2D eigenvalue weighted by Gasteiger charge is -2.13. The molecule has 3 nitrogen and oxygen atoms in total. The summed E-state index contributed by atoms with van der Waals surface area (Å²) in [6.45, 7) is 2.24. The number of carbonyl (C=O) groups is 1. The Morgan fingerprint density at radius 2 is 2.12 bits per heavy atom. The van der Waals surface area contributed by atoms with E-state index in [1.165, 1.54) is 6.42 Å². The smallest absolute Gasteiger partial charge is 0.335 e. The lowest BCUT2D eigenvalue weighted by Crippen LogP contribution is -2.18. The predicted molar refractivity (Wildman–Crippen MR) is 67.3 cm³/mol. The molecule has 2 N–H and O–H groups in total. The van der Waals surface area contributed by atoms with Gasteiger partial charge in [-0.15, -0.1) is 0 Å². The van der Waals surface area contributed by atoms with Crippen LogP contribution < -0.4 is 5.32 Å². The van der Waals surface area contributed by atoms with E-state index in [1.807, 2.05) is 23.9 Å². The zero-order valence-corrected chi connectivity index (χ0v) is 9.96. The second kappa shape index (κ2) is 4.78. The first-order valence-corrected chi connectivity index (χ1v) is 6.41. The zero-order chi connectivity index (χ0) is 11.5. The van der Waals surface area contributed by atoms with Gasteiger partial charge in [0.1, 0.15) is 0 Å². The molecule has 0 spiro atoms. The maximum absolute atomic E-state index is 10.7. The molecule has 2 atom stereocenters. The van der Waals surface area contributed by atoms with Crippen molar-refractivity contribution in [2.24, 2.45) is 0 Å². The number of carboxylic acids is 1. The second-order valence-corrected chi connectivity index (χ2v) is 5.57. The van der Waals surface area contributed by atoms with Crippen LogP contribution in [-0.4, -0.2) is 28.1 Å². The number of carboxylic acid groups (broad SMARTS) is 1. The molecule has 0 radical (unpaired) electrons. The Morgan fingerprint density at radius 1 is 1.44 bits per heavy atom. The SMILES string of the molecule is CC1CC(Nc2ccc(C(=O)O)cc2)CS1. The van der Waals surface area contributed by atoms with Gasteiger partial charge in [-0.1, -0.05) is 6.92 Å². The molecule has 86 valence electrons. The number of benzene rings is 1. The van der Waals surface area contributed by atoms with E-state index in [4.69, 9.17) is 5.11 Å². The summed E-state index contributed by atoms with van der Waals surface area (Å²) in [5.41, 5.74) is 1.34. The Labute approximate surface area is 99.2 Å². The van der Waals surface area contributed by atoms with Crippen LogP contribution in [-0.2, 0) is 0 Å². The third-order valence-electron chi connectivity index (χ3n) is 2.70. The Kier molecular flexibility index (Phi) is 3.39. The third-order valence-corrected chi connectivity index (χ3v) is 4.06. The van der Waals surface area contributed by atoms with Crippen molar-refractivity contribution in [3.63, 3.8) is 0 Å². The van der Waals surface area contributed by atoms with E-state index >= 15 is 0 Å². The average Bonchev–Trinajstić information content (AvgIpc) is 2.65. The van der Waals surface area contributed by atoms with Gasteiger partial charge >= 0.3 is 5.97 Å². The lowest BCUT2D eigenvalue weighted by atomic mass is 10.1. The molecule has 1 aromatic rings.